The number of carbonyl (C=O) groups excluding carboxylic acids is 1. The number of thiophene rings is 1. The van der Waals surface area contributed by atoms with Gasteiger partial charge in [0.05, 0.1) is 12.2 Å². The molecular weight excluding hydrogens is 499 g/mol. The molecule has 1 heterocycles. The highest BCUT2D eigenvalue weighted by molar-refractivity contribution is 7.13. The number of carbonyl (C=O) groups is 1. The van der Waals surface area contributed by atoms with Gasteiger partial charge in [-0.25, -0.2) is 4.79 Å². The fraction of sp³-hybridized carbons (Fsp3) is 0.577. The summed E-state index contributed by atoms with van der Waals surface area (Å²) in [4.78, 5) is 14.2. The Kier molecular flexibility index (Phi) is 10.4. The highest BCUT2D eigenvalue weighted by atomic mass is 35.5. The number of esters is 1. The third kappa shape index (κ3) is 7.86. The lowest BCUT2D eigenvalue weighted by Crippen LogP contribution is -2.21. The molecule has 0 bridgehead atoms. The quantitative estimate of drug-likeness (QED) is 0.236. The molecule has 1 N–H and O–H groups in total. The molecule has 5 atom stereocenters. The van der Waals surface area contributed by atoms with Crippen molar-refractivity contribution in [1.29, 1.82) is 0 Å². The average molecular weight is 532 g/mol. The van der Waals surface area contributed by atoms with E-state index in [2.05, 4.69) is 6.92 Å². The Balaban J connectivity index is 1.51. The number of hydrogen-bond donors (Lipinski definition) is 1. The first kappa shape index (κ1) is 26.8. The van der Waals surface area contributed by atoms with Crippen LogP contribution in [0.15, 0.2) is 30.3 Å². The summed E-state index contributed by atoms with van der Waals surface area (Å²) >= 11 is 20.4. The van der Waals surface area contributed by atoms with Crippen molar-refractivity contribution >= 4 is 52.1 Å². The van der Waals surface area contributed by atoms with E-state index in [0.717, 1.165) is 50.5 Å². The van der Waals surface area contributed by atoms with Gasteiger partial charge in [0.2, 0.25) is 0 Å². The van der Waals surface area contributed by atoms with E-state index < -0.39 is 0 Å². The van der Waals surface area contributed by atoms with E-state index in [4.69, 9.17) is 39.5 Å². The second kappa shape index (κ2) is 12.8. The number of halogens is 3. The smallest absolute Gasteiger partial charge is 0.348 e. The highest BCUT2D eigenvalue weighted by Gasteiger charge is 2.40. The summed E-state index contributed by atoms with van der Waals surface area (Å²) in [7, 11) is 0. The third-order valence-corrected chi connectivity index (χ3v) is 8.55. The molecular formula is C26H33Cl3O3S. The zero-order valence-electron chi connectivity index (χ0n) is 19.2. The maximum atomic E-state index is 12.3. The van der Waals surface area contributed by atoms with E-state index in [1.165, 1.54) is 16.2 Å². The SMILES string of the molecule is CCCC(C)OC(=O)c1ccc(CCCC2C(Cl)CC(O)C2CCc2cc(Cl)cc(Cl)c2)s1. The second-order valence-corrected chi connectivity index (χ2v) is 11.7. The van der Waals surface area contributed by atoms with Crippen molar-refractivity contribution in [2.24, 2.45) is 11.8 Å². The zero-order valence-corrected chi connectivity index (χ0v) is 22.3. The Labute approximate surface area is 216 Å². The van der Waals surface area contributed by atoms with Crippen molar-refractivity contribution < 1.29 is 14.6 Å². The number of rotatable bonds is 11. The van der Waals surface area contributed by atoms with Gasteiger partial charge in [-0.1, -0.05) is 36.5 Å². The minimum Gasteiger partial charge on any atom is -0.458 e. The topological polar surface area (TPSA) is 46.5 Å². The zero-order chi connectivity index (χ0) is 24.0. The maximum absolute atomic E-state index is 12.3. The molecule has 3 rings (SSSR count). The molecule has 1 aromatic heterocycles. The molecule has 7 heteroatoms. The maximum Gasteiger partial charge on any atom is 0.348 e. The lowest BCUT2D eigenvalue weighted by Gasteiger charge is -2.23. The molecule has 0 aliphatic heterocycles. The molecule has 0 amide bonds. The predicted molar refractivity (Wildman–Crippen MR) is 139 cm³/mol. The highest BCUT2D eigenvalue weighted by Crippen LogP contribution is 2.42. The van der Waals surface area contributed by atoms with Crippen LogP contribution in [0.3, 0.4) is 0 Å². The minimum absolute atomic E-state index is 0.0122. The predicted octanol–water partition coefficient (Wildman–Crippen LogP) is 7.96. The Bertz CT molecular complexity index is 896. The number of benzene rings is 1. The molecule has 2 aromatic rings. The van der Waals surface area contributed by atoms with Crippen LogP contribution in [-0.2, 0) is 17.6 Å². The normalized spacial score (nSPS) is 23.6. The van der Waals surface area contributed by atoms with Gasteiger partial charge in [0.1, 0.15) is 4.88 Å². The van der Waals surface area contributed by atoms with Gasteiger partial charge >= 0.3 is 5.97 Å². The van der Waals surface area contributed by atoms with E-state index in [1.54, 1.807) is 6.07 Å². The van der Waals surface area contributed by atoms with E-state index >= 15 is 0 Å². The fourth-order valence-electron chi connectivity index (χ4n) is 4.86. The van der Waals surface area contributed by atoms with Crippen LogP contribution in [0.1, 0.15) is 72.5 Å². The van der Waals surface area contributed by atoms with Crippen molar-refractivity contribution in [2.75, 3.05) is 0 Å². The average Bonchev–Trinajstić information content (AvgIpc) is 3.30. The number of aryl methyl sites for hydroxylation is 2. The summed E-state index contributed by atoms with van der Waals surface area (Å²) in [6, 6.07) is 9.49. The van der Waals surface area contributed by atoms with Gasteiger partial charge in [-0.15, -0.1) is 22.9 Å². The molecule has 1 saturated carbocycles. The molecule has 3 nitrogen and oxygen atoms in total. The van der Waals surface area contributed by atoms with E-state index in [9.17, 15) is 9.90 Å². The van der Waals surface area contributed by atoms with E-state index in [1.807, 2.05) is 31.2 Å². The first-order valence-electron chi connectivity index (χ1n) is 11.8. The Morgan fingerprint density at radius 1 is 1.15 bits per heavy atom. The molecule has 0 spiro atoms. The van der Waals surface area contributed by atoms with Crippen LogP contribution in [0.5, 0.6) is 0 Å². The summed E-state index contributed by atoms with van der Waals surface area (Å²) in [6.07, 6.45) is 6.58. The number of alkyl halides is 1. The van der Waals surface area contributed by atoms with E-state index in [-0.39, 0.29) is 35.4 Å². The Morgan fingerprint density at radius 2 is 1.88 bits per heavy atom. The molecule has 33 heavy (non-hydrogen) atoms. The number of hydrogen-bond acceptors (Lipinski definition) is 4. The summed E-state index contributed by atoms with van der Waals surface area (Å²) in [5.74, 6) is 0.211. The molecule has 1 aliphatic rings. The molecule has 182 valence electrons. The summed E-state index contributed by atoms with van der Waals surface area (Å²) in [5, 5.41) is 11.9. The van der Waals surface area contributed by atoms with Crippen LogP contribution in [-0.4, -0.2) is 28.7 Å². The van der Waals surface area contributed by atoms with Crippen molar-refractivity contribution in [1.82, 2.24) is 0 Å². The lowest BCUT2D eigenvalue weighted by molar-refractivity contribution is 0.0329. The molecule has 5 unspecified atom stereocenters. The van der Waals surface area contributed by atoms with Gasteiger partial charge in [0.25, 0.3) is 0 Å². The van der Waals surface area contributed by atoms with Gasteiger partial charge in [-0.2, -0.15) is 0 Å². The standard InChI is InChI=1S/C26H33Cl3O3S/c1-3-5-16(2)32-26(31)25-11-9-20(33-25)6-4-7-21-22(24(30)15-23(21)29)10-8-17-12-18(27)14-19(28)13-17/h9,11-14,16,21-24,30H,3-8,10,15H2,1-2H3. The van der Waals surface area contributed by atoms with Gasteiger partial charge in [-0.3, -0.25) is 0 Å². The lowest BCUT2D eigenvalue weighted by atomic mass is 9.85. The van der Waals surface area contributed by atoms with Crippen molar-refractivity contribution in [3.8, 4) is 0 Å². The first-order valence-corrected chi connectivity index (χ1v) is 13.8. The van der Waals surface area contributed by atoms with Gasteiger partial charge in [-0.05, 0) is 99.6 Å². The third-order valence-electron chi connectivity index (χ3n) is 6.49. The largest absolute Gasteiger partial charge is 0.458 e. The van der Waals surface area contributed by atoms with Crippen LogP contribution in [0.4, 0.5) is 0 Å². The Morgan fingerprint density at radius 3 is 2.58 bits per heavy atom. The van der Waals surface area contributed by atoms with Crippen LogP contribution in [0.2, 0.25) is 10.0 Å². The van der Waals surface area contributed by atoms with Crippen LogP contribution < -0.4 is 0 Å². The van der Waals surface area contributed by atoms with Crippen molar-refractivity contribution in [2.45, 2.75) is 82.8 Å². The second-order valence-electron chi connectivity index (χ2n) is 9.13. The van der Waals surface area contributed by atoms with E-state index in [0.29, 0.717) is 21.3 Å². The summed E-state index contributed by atoms with van der Waals surface area (Å²) < 4.78 is 5.50. The van der Waals surface area contributed by atoms with Gasteiger partial charge < -0.3 is 9.84 Å². The first-order chi connectivity index (χ1) is 15.8. The fourth-order valence-corrected chi connectivity index (χ4v) is 6.86. The number of aliphatic hydroxyl groups excluding tert-OH is 1. The van der Waals surface area contributed by atoms with Crippen LogP contribution in [0, 0.1) is 11.8 Å². The summed E-state index contributed by atoms with van der Waals surface area (Å²) in [6.45, 7) is 4.02. The number of aliphatic hydroxyl groups is 1. The molecule has 0 saturated heterocycles. The monoisotopic (exact) mass is 530 g/mol. The van der Waals surface area contributed by atoms with Gasteiger partial charge in [0, 0.05) is 20.3 Å². The summed E-state index contributed by atoms with van der Waals surface area (Å²) in [5.41, 5.74) is 1.09. The molecule has 1 aromatic carbocycles. The molecule has 1 fully saturated rings. The Hall–Kier alpha value is -0.780. The van der Waals surface area contributed by atoms with Crippen molar-refractivity contribution in [3.63, 3.8) is 0 Å². The minimum atomic E-state index is -0.375. The molecule has 0 radical (unpaired) electrons. The molecule has 1 aliphatic carbocycles. The van der Waals surface area contributed by atoms with Crippen LogP contribution >= 0.6 is 46.1 Å². The van der Waals surface area contributed by atoms with Crippen LogP contribution in [0.25, 0.3) is 0 Å². The number of ether oxygens (including phenoxy) is 1. The van der Waals surface area contributed by atoms with Gasteiger partial charge in [0.15, 0.2) is 0 Å². The van der Waals surface area contributed by atoms with Crippen molar-refractivity contribution in [3.05, 3.63) is 55.7 Å².